The average Bonchev–Trinajstić information content (AvgIpc) is 3.25. The van der Waals surface area contributed by atoms with E-state index < -0.39 is 17.8 Å². The smallest absolute Gasteiger partial charge is 0.351 e. The van der Waals surface area contributed by atoms with Crippen molar-refractivity contribution in [3.63, 3.8) is 0 Å². The van der Waals surface area contributed by atoms with Gasteiger partial charge in [-0.2, -0.15) is 13.2 Å². The van der Waals surface area contributed by atoms with Crippen molar-refractivity contribution < 1.29 is 22.8 Å². The molecule has 2 saturated heterocycles. The van der Waals surface area contributed by atoms with Gasteiger partial charge in [0.05, 0.1) is 16.5 Å². The van der Waals surface area contributed by atoms with Crippen LogP contribution in [-0.4, -0.2) is 46.5 Å². The van der Waals surface area contributed by atoms with Crippen LogP contribution in [0.15, 0.2) is 54.6 Å². The van der Waals surface area contributed by atoms with Gasteiger partial charge in [0, 0.05) is 31.8 Å². The molecule has 2 amide bonds. The molecule has 2 aromatic rings. The first-order valence-corrected chi connectivity index (χ1v) is 12.4. The number of aryl methyl sites for hydroxylation is 1. The van der Waals surface area contributed by atoms with Crippen LogP contribution < -0.4 is 10.6 Å². The minimum absolute atomic E-state index is 0.0439. The molecule has 0 aromatic heterocycles. The molecule has 0 saturated carbocycles. The number of piperidine rings is 1. The van der Waals surface area contributed by atoms with Gasteiger partial charge in [-0.15, -0.1) is 11.8 Å². The van der Waals surface area contributed by atoms with Crippen molar-refractivity contribution in [1.82, 2.24) is 15.5 Å². The third kappa shape index (κ3) is 6.13. The first kappa shape index (κ1) is 24.6. The number of hydrogen-bond acceptors (Lipinski definition) is 4. The van der Waals surface area contributed by atoms with Crippen LogP contribution in [0.25, 0.3) is 0 Å². The summed E-state index contributed by atoms with van der Waals surface area (Å²) in [6, 6.07) is 14.5. The molecule has 2 aromatic carbocycles. The zero-order valence-corrected chi connectivity index (χ0v) is 19.6. The van der Waals surface area contributed by atoms with E-state index in [4.69, 9.17) is 0 Å². The number of hydrogen-bond donors (Lipinski definition) is 2. The predicted molar refractivity (Wildman–Crippen MR) is 126 cm³/mol. The highest BCUT2D eigenvalue weighted by Gasteiger charge is 2.44. The van der Waals surface area contributed by atoms with Crippen LogP contribution in [0.1, 0.15) is 36.0 Å². The highest BCUT2D eigenvalue weighted by Crippen LogP contribution is 2.39. The second kappa shape index (κ2) is 10.4. The highest BCUT2D eigenvalue weighted by molar-refractivity contribution is 8.01. The van der Waals surface area contributed by atoms with Crippen LogP contribution in [0.3, 0.4) is 0 Å². The Morgan fingerprint density at radius 3 is 2.47 bits per heavy atom. The normalized spacial score (nSPS) is 19.9. The monoisotopic (exact) mass is 491 g/mol. The molecule has 9 heteroatoms. The molecule has 1 spiro atoms. The lowest BCUT2D eigenvalue weighted by Crippen LogP contribution is -2.54. The highest BCUT2D eigenvalue weighted by atomic mass is 32.2. The summed E-state index contributed by atoms with van der Waals surface area (Å²) >= 11 is 1.69. The summed E-state index contributed by atoms with van der Waals surface area (Å²) in [6.07, 6.45) is -1.69. The fourth-order valence-corrected chi connectivity index (χ4v) is 5.83. The molecule has 0 bridgehead atoms. The summed E-state index contributed by atoms with van der Waals surface area (Å²) in [4.78, 5) is 26.9. The van der Waals surface area contributed by atoms with Crippen LogP contribution in [0.5, 0.6) is 0 Å². The molecule has 4 rings (SSSR count). The lowest BCUT2D eigenvalue weighted by Gasteiger charge is -2.39. The van der Waals surface area contributed by atoms with E-state index in [2.05, 4.69) is 10.6 Å². The summed E-state index contributed by atoms with van der Waals surface area (Å²) < 4.78 is 38.7. The van der Waals surface area contributed by atoms with Gasteiger partial charge in [0.25, 0.3) is 0 Å². The van der Waals surface area contributed by atoms with Gasteiger partial charge >= 0.3 is 6.18 Å². The molecule has 0 aliphatic carbocycles. The van der Waals surface area contributed by atoms with Crippen LogP contribution in [0.4, 0.5) is 13.2 Å². The Hall–Kier alpha value is -2.52. The Balaban J connectivity index is 1.23. The molecular weight excluding hydrogens is 463 g/mol. The molecule has 1 unspecified atom stereocenters. The van der Waals surface area contributed by atoms with E-state index in [9.17, 15) is 22.8 Å². The number of carbonyl (C=O) groups is 2. The van der Waals surface area contributed by atoms with Gasteiger partial charge in [-0.3, -0.25) is 14.9 Å². The fraction of sp³-hybridized carbons (Fsp3) is 0.440. The maximum absolute atomic E-state index is 12.9. The summed E-state index contributed by atoms with van der Waals surface area (Å²) in [7, 11) is 0. The Labute approximate surface area is 201 Å². The maximum atomic E-state index is 12.9. The van der Waals surface area contributed by atoms with Crippen LogP contribution in [0, 0.1) is 0 Å². The lowest BCUT2D eigenvalue weighted by molar-refractivity contribution is -0.137. The zero-order valence-electron chi connectivity index (χ0n) is 18.7. The van der Waals surface area contributed by atoms with Gasteiger partial charge < -0.3 is 10.2 Å². The van der Waals surface area contributed by atoms with Crippen LogP contribution >= 0.6 is 11.8 Å². The van der Waals surface area contributed by atoms with Gasteiger partial charge in [-0.1, -0.05) is 42.5 Å². The Kier molecular flexibility index (Phi) is 7.52. The molecule has 5 nitrogen and oxygen atoms in total. The van der Waals surface area contributed by atoms with Gasteiger partial charge in [0.2, 0.25) is 11.8 Å². The van der Waals surface area contributed by atoms with E-state index in [1.165, 1.54) is 6.07 Å². The third-order valence-electron chi connectivity index (χ3n) is 6.40. The molecule has 1 atom stereocenters. The van der Waals surface area contributed by atoms with Crippen molar-refractivity contribution >= 4 is 23.6 Å². The summed E-state index contributed by atoms with van der Waals surface area (Å²) in [5, 5.41) is 6.18. The van der Waals surface area contributed by atoms with E-state index in [1.54, 1.807) is 17.8 Å². The molecule has 2 fully saturated rings. The zero-order chi connectivity index (χ0) is 24.2. The summed E-state index contributed by atoms with van der Waals surface area (Å²) in [6.45, 7) is 1.33. The maximum Gasteiger partial charge on any atom is 0.416 e. The second-order valence-electron chi connectivity index (χ2n) is 8.78. The number of amides is 2. The van der Waals surface area contributed by atoms with Crippen molar-refractivity contribution in [3.8, 4) is 0 Å². The number of nitrogens with zero attached hydrogens (tertiary/aromatic N) is 1. The van der Waals surface area contributed by atoms with Gasteiger partial charge in [-0.25, -0.2) is 0 Å². The van der Waals surface area contributed by atoms with E-state index in [0.717, 1.165) is 37.0 Å². The molecule has 2 N–H and O–H groups in total. The number of benzene rings is 2. The molecule has 2 aliphatic heterocycles. The Morgan fingerprint density at radius 2 is 1.76 bits per heavy atom. The minimum atomic E-state index is -4.41. The second-order valence-corrected chi connectivity index (χ2v) is 10.2. The molecule has 34 heavy (non-hydrogen) atoms. The molecular formula is C25H28F3N3O2S. The Bertz CT molecular complexity index is 1010. The largest absolute Gasteiger partial charge is 0.416 e. The number of halogens is 3. The number of carbonyl (C=O) groups excluding carboxylic acids is 2. The molecule has 2 heterocycles. The van der Waals surface area contributed by atoms with Crippen LogP contribution in [-0.2, 0) is 28.7 Å². The minimum Gasteiger partial charge on any atom is -0.351 e. The number of rotatable bonds is 6. The van der Waals surface area contributed by atoms with Crippen molar-refractivity contribution in [3.05, 3.63) is 71.3 Å². The van der Waals surface area contributed by atoms with Crippen molar-refractivity contribution in [2.45, 2.75) is 49.3 Å². The first-order valence-electron chi connectivity index (χ1n) is 11.4. The van der Waals surface area contributed by atoms with E-state index in [1.807, 2.05) is 35.2 Å². The number of alkyl halides is 3. The first-order chi connectivity index (χ1) is 16.2. The summed E-state index contributed by atoms with van der Waals surface area (Å²) in [5.41, 5.74) is 0.833. The van der Waals surface area contributed by atoms with Crippen molar-refractivity contribution in [2.24, 2.45) is 0 Å². The third-order valence-corrected chi connectivity index (χ3v) is 7.97. The van der Waals surface area contributed by atoms with Gasteiger partial charge in [0.15, 0.2) is 0 Å². The van der Waals surface area contributed by atoms with Crippen molar-refractivity contribution in [2.75, 3.05) is 18.8 Å². The molecule has 2 aliphatic rings. The van der Waals surface area contributed by atoms with E-state index in [0.29, 0.717) is 30.8 Å². The SMILES string of the molecule is O=C(NCc1cccc(C(F)(F)F)c1)C1CSC2(CCN(C(=O)CCc3ccccc3)CC2)N1. The van der Waals surface area contributed by atoms with E-state index in [-0.39, 0.29) is 23.2 Å². The lowest BCUT2D eigenvalue weighted by atomic mass is 10.0. The molecule has 182 valence electrons. The number of nitrogens with one attached hydrogen (secondary N) is 2. The fourth-order valence-electron chi connectivity index (χ4n) is 4.42. The van der Waals surface area contributed by atoms with Gasteiger partial charge in [-0.05, 0) is 42.5 Å². The van der Waals surface area contributed by atoms with Gasteiger partial charge in [0.1, 0.15) is 0 Å². The van der Waals surface area contributed by atoms with Crippen LogP contribution in [0.2, 0.25) is 0 Å². The van der Waals surface area contributed by atoms with Crippen molar-refractivity contribution in [1.29, 1.82) is 0 Å². The average molecular weight is 492 g/mol. The number of likely N-dealkylation sites (tertiary alicyclic amines) is 1. The Morgan fingerprint density at radius 1 is 1.06 bits per heavy atom. The standard InChI is InChI=1S/C25H28F3N3O2S/c26-25(27,28)20-8-4-7-19(15-20)16-29-23(33)21-17-34-24(30-21)11-13-31(14-12-24)22(32)10-9-18-5-2-1-3-6-18/h1-8,15,21,30H,9-14,16-17H2,(H,29,33). The molecule has 0 radical (unpaired) electrons. The predicted octanol–water partition coefficient (Wildman–Crippen LogP) is 3.98. The number of thioether (sulfide) groups is 1. The summed E-state index contributed by atoms with van der Waals surface area (Å²) in [5.74, 6) is 0.524. The topological polar surface area (TPSA) is 61.4 Å². The van der Waals surface area contributed by atoms with E-state index >= 15 is 0 Å². The quantitative estimate of drug-likeness (QED) is 0.642.